The molecule has 3 rings (SSSR count). The smallest absolute Gasteiger partial charge is 0.0702 e. The van der Waals surface area contributed by atoms with Gasteiger partial charge in [-0.2, -0.15) is 0 Å². The number of benzene rings is 1. The Morgan fingerprint density at radius 2 is 2.25 bits per heavy atom. The van der Waals surface area contributed by atoms with Crippen LogP contribution in [0.4, 0.5) is 0 Å². The minimum atomic E-state index is 0.700. The molecular formula is C17H23N3. The van der Waals surface area contributed by atoms with Gasteiger partial charge in [0.1, 0.15) is 0 Å². The van der Waals surface area contributed by atoms with Crippen LogP contribution < -0.4 is 5.32 Å². The molecule has 20 heavy (non-hydrogen) atoms. The summed E-state index contributed by atoms with van der Waals surface area (Å²) in [5, 5.41) is 4.83. The van der Waals surface area contributed by atoms with E-state index in [0.717, 1.165) is 18.6 Å². The Kier molecular flexibility index (Phi) is 4.28. The number of fused-ring (bicyclic) bond motifs is 1. The van der Waals surface area contributed by atoms with E-state index in [-0.39, 0.29) is 0 Å². The van der Waals surface area contributed by atoms with Crippen LogP contribution >= 0.6 is 0 Å². The van der Waals surface area contributed by atoms with E-state index in [9.17, 15) is 0 Å². The maximum atomic E-state index is 4.36. The highest BCUT2D eigenvalue weighted by Crippen LogP contribution is 2.15. The number of nitrogens with one attached hydrogen (secondary N) is 1. The van der Waals surface area contributed by atoms with E-state index in [1.165, 1.54) is 36.8 Å². The van der Waals surface area contributed by atoms with Crippen molar-refractivity contribution in [3.63, 3.8) is 0 Å². The maximum absolute atomic E-state index is 4.36. The third kappa shape index (κ3) is 3.17. The van der Waals surface area contributed by atoms with Crippen molar-refractivity contribution in [2.45, 2.75) is 31.8 Å². The summed E-state index contributed by atoms with van der Waals surface area (Å²) in [6.07, 6.45) is 5.90. The van der Waals surface area contributed by atoms with Crippen LogP contribution in [-0.4, -0.2) is 36.1 Å². The van der Waals surface area contributed by atoms with E-state index < -0.39 is 0 Å². The molecule has 0 amide bonds. The van der Waals surface area contributed by atoms with E-state index in [2.05, 4.69) is 46.5 Å². The van der Waals surface area contributed by atoms with Crippen LogP contribution in [0.15, 0.2) is 36.5 Å². The lowest BCUT2D eigenvalue weighted by atomic mass is 10.0. The van der Waals surface area contributed by atoms with Crippen LogP contribution in [0.2, 0.25) is 0 Å². The molecule has 1 aliphatic rings. The van der Waals surface area contributed by atoms with Gasteiger partial charge in [0.05, 0.1) is 5.52 Å². The average Bonchev–Trinajstić information content (AvgIpc) is 2.49. The molecule has 1 fully saturated rings. The van der Waals surface area contributed by atoms with Gasteiger partial charge in [0, 0.05) is 30.7 Å². The van der Waals surface area contributed by atoms with E-state index in [0.29, 0.717) is 6.04 Å². The van der Waals surface area contributed by atoms with Crippen molar-refractivity contribution in [3.05, 3.63) is 42.1 Å². The van der Waals surface area contributed by atoms with Gasteiger partial charge in [-0.25, -0.2) is 0 Å². The predicted molar refractivity (Wildman–Crippen MR) is 83.7 cm³/mol. The summed E-state index contributed by atoms with van der Waals surface area (Å²) in [4.78, 5) is 6.85. The summed E-state index contributed by atoms with van der Waals surface area (Å²) < 4.78 is 0. The molecule has 1 unspecified atom stereocenters. The minimum absolute atomic E-state index is 0.700. The van der Waals surface area contributed by atoms with Gasteiger partial charge >= 0.3 is 0 Å². The Morgan fingerprint density at radius 3 is 3.15 bits per heavy atom. The second kappa shape index (κ2) is 6.33. The first kappa shape index (κ1) is 13.5. The number of nitrogens with zero attached hydrogens (tertiary/aromatic N) is 2. The first-order valence-electron chi connectivity index (χ1n) is 7.57. The van der Waals surface area contributed by atoms with E-state index in [1.807, 2.05) is 12.3 Å². The van der Waals surface area contributed by atoms with Crippen molar-refractivity contribution in [2.24, 2.45) is 0 Å². The molecule has 2 heterocycles. The zero-order valence-corrected chi connectivity index (χ0v) is 12.2. The summed E-state index contributed by atoms with van der Waals surface area (Å²) in [6.45, 7) is 3.27. The van der Waals surface area contributed by atoms with Crippen LogP contribution in [0, 0.1) is 0 Å². The summed E-state index contributed by atoms with van der Waals surface area (Å²) in [6, 6.07) is 11.3. The number of rotatable bonds is 4. The van der Waals surface area contributed by atoms with Gasteiger partial charge in [-0.05, 0) is 50.2 Å². The monoisotopic (exact) mass is 269 g/mol. The lowest BCUT2D eigenvalue weighted by Gasteiger charge is -2.32. The number of hydrogen-bond acceptors (Lipinski definition) is 3. The normalized spacial score (nSPS) is 20.4. The van der Waals surface area contributed by atoms with Gasteiger partial charge in [0.2, 0.25) is 0 Å². The topological polar surface area (TPSA) is 28.2 Å². The maximum Gasteiger partial charge on any atom is 0.0702 e. The lowest BCUT2D eigenvalue weighted by molar-refractivity contribution is 0.181. The zero-order valence-electron chi connectivity index (χ0n) is 12.2. The Bertz CT molecular complexity index is 567. The van der Waals surface area contributed by atoms with Crippen molar-refractivity contribution < 1.29 is 0 Å². The number of likely N-dealkylation sites (N-methyl/N-ethyl adjacent to an activating group) is 1. The van der Waals surface area contributed by atoms with Crippen molar-refractivity contribution in [1.82, 2.24) is 15.2 Å². The van der Waals surface area contributed by atoms with Crippen LogP contribution in [0.25, 0.3) is 10.9 Å². The standard InChI is InChI=1S/C17H23N3/c1-20-10-3-2-6-16(20)13-18-12-14-7-8-17-15(11-14)5-4-9-19-17/h4-5,7-9,11,16,18H,2-3,6,10,12-13H2,1H3. The zero-order chi connectivity index (χ0) is 13.8. The van der Waals surface area contributed by atoms with Gasteiger partial charge in [-0.3, -0.25) is 4.98 Å². The van der Waals surface area contributed by atoms with Gasteiger partial charge in [-0.15, -0.1) is 0 Å². The highest BCUT2D eigenvalue weighted by atomic mass is 15.2. The van der Waals surface area contributed by atoms with Gasteiger partial charge in [-0.1, -0.05) is 18.6 Å². The van der Waals surface area contributed by atoms with Crippen LogP contribution in [-0.2, 0) is 6.54 Å². The van der Waals surface area contributed by atoms with Crippen LogP contribution in [0.5, 0.6) is 0 Å². The molecule has 1 atom stereocenters. The molecule has 1 saturated heterocycles. The molecule has 2 aromatic rings. The molecule has 3 heteroatoms. The molecular weight excluding hydrogens is 246 g/mol. The van der Waals surface area contributed by atoms with E-state index in [1.54, 1.807) is 0 Å². The third-order valence-electron chi connectivity index (χ3n) is 4.30. The van der Waals surface area contributed by atoms with Crippen molar-refractivity contribution in [3.8, 4) is 0 Å². The van der Waals surface area contributed by atoms with Crippen molar-refractivity contribution >= 4 is 10.9 Å². The van der Waals surface area contributed by atoms with Gasteiger partial charge in [0.15, 0.2) is 0 Å². The fourth-order valence-electron chi connectivity index (χ4n) is 3.02. The van der Waals surface area contributed by atoms with Crippen molar-refractivity contribution in [1.29, 1.82) is 0 Å². The fraction of sp³-hybridized carbons (Fsp3) is 0.471. The first-order chi connectivity index (χ1) is 9.83. The Labute approximate surface area is 121 Å². The molecule has 0 radical (unpaired) electrons. The molecule has 106 valence electrons. The fourth-order valence-corrected chi connectivity index (χ4v) is 3.02. The summed E-state index contributed by atoms with van der Waals surface area (Å²) in [5.41, 5.74) is 2.41. The first-order valence-corrected chi connectivity index (χ1v) is 7.57. The Hall–Kier alpha value is -1.45. The molecule has 0 saturated carbocycles. The Balaban J connectivity index is 1.56. The van der Waals surface area contributed by atoms with E-state index in [4.69, 9.17) is 0 Å². The molecule has 0 aliphatic carbocycles. The number of likely N-dealkylation sites (tertiary alicyclic amines) is 1. The number of hydrogen-bond donors (Lipinski definition) is 1. The number of aromatic nitrogens is 1. The largest absolute Gasteiger partial charge is 0.311 e. The molecule has 3 nitrogen and oxygen atoms in total. The molecule has 1 aliphatic heterocycles. The van der Waals surface area contributed by atoms with Crippen molar-refractivity contribution in [2.75, 3.05) is 20.1 Å². The second-order valence-electron chi connectivity index (χ2n) is 5.79. The lowest BCUT2D eigenvalue weighted by Crippen LogP contribution is -2.42. The van der Waals surface area contributed by atoms with Crippen LogP contribution in [0.3, 0.4) is 0 Å². The number of pyridine rings is 1. The average molecular weight is 269 g/mol. The van der Waals surface area contributed by atoms with Gasteiger partial charge in [0.25, 0.3) is 0 Å². The molecule has 0 bridgehead atoms. The second-order valence-corrected chi connectivity index (χ2v) is 5.79. The molecule has 1 aromatic heterocycles. The Morgan fingerprint density at radius 1 is 1.30 bits per heavy atom. The minimum Gasteiger partial charge on any atom is -0.311 e. The summed E-state index contributed by atoms with van der Waals surface area (Å²) >= 11 is 0. The third-order valence-corrected chi connectivity index (χ3v) is 4.30. The highest BCUT2D eigenvalue weighted by Gasteiger charge is 2.17. The van der Waals surface area contributed by atoms with Gasteiger partial charge < -0.3 is 10.2 Å². The molecule has 1 N–H and O–H groups in total. The van der Waals surface area contributed by atoms with E-state index >= 15 is 0 Å². The molecule has 0 spiro atoms. The number of piperidine rings is 1. The quantitative estimate of drug-likeness (QED) is 0.925. The summed E-state index contributed by atoms with van der Waals surface area (Å²) in [7, 11) is 2.24. The highest BCUT2D eigenvalue weighted by molar-refractivity contribution is 5.78. The molecule has 1 aromatic carbocycles. The van der Waals surface area contributed by atoms with Crippen LogP contribution in [0.1, 0.15) is 24.8 Å². The SMILES string of the molecule is CN1CCCCC1CNCc1ccc2ncccc2c1. The predicted octanol–water partition coefficient (Wildman–Crippen LogP) is 2.81. The summed E-state index contributed by atoms with van der Waals surface area (Å²) in [5.74, 6) is 0.